The Kier molecular flexibility index (Phi) is 4.81. The summed E-state index contributed by atoms with van der Waals surface area (Å²) in [5.74, 6) is 2.83. The number of rotatable bonds is 5. The van der Waals surface area contributed by atoms with Crippen LogP contribution in [0.4, 0.5) is 0 Å². The standard InChI is InChI=1S/C22H24N6O/c1-2-16-6-8-17(9-7-16)21-23-20(29-26-21)15-27-13-10-18(11-14-27)22-25-24-19-5-3-4-12-28(19)22/h3-9,12,18H,2,10-11,13-15H2,1H3. The van der Waals surface area contributed by atoms with E-state index in [-0.39, 0.29) is 0 Å². The zero-order valence-corrected chi connectivity index (χ0v) is 16.5. The van der Waals surface area contributed by atoms with Gasteiger partial charge >= 0.3 is 0 Å². The van der Waals surface area contributed by atoms with E-state index in [2.05, 4.69) is 60.8 Å². The number of likely N-dealkylation sites (tertiary alicyclic amines) is 1. The molecule has 7 nitrogen and oxygen atoms in total. The molecule has 0 amide bonds. The fourth-order valence-electron chi connectivity index (χ4n) is 4.00. The molecule has 0 N–H and O–H groups in total. The molecular formula is C22H24N6O. The van der Waals surface area contributed by atoms with Gasteiger partial charge in [-0.3, -0.25) is 9.30 Å². The highest BCUT2D eigenvalue weighted by Gasteiger charge is 2.25. The number of pyridine rings is 1. The second kappa shape index (κ2) is 7.75. The van der Waals surface area contributed by atoms with Crippen molar-refractivity contribution in [1.82, 2.24) is 29.6 Å². The highest BCUT2D eigenvalue weighted by atomic mass is 16.5. The summed E-state index contributed by atoms with van der Waals surface area (Å²) in [5, 5.41) is 12.9. The van der Waals surface area contributed by atoms with Crippen LogP contribution in [0.15, 0.2) is 53.2 Å². The number of aryl methyl sites for hydroxylation is 1. The molecule has 0 unspecified atom stereocenters. The van der Waals surface area contributed by atoms with Crippen LogP contribution in [0.25, 0.3) is 17.0 Å². The lowest BCUT2D eigenvalue weighted by atomic mass is 9.96. The molecule has 4 heterocycles. The molecule has 0 bridgehead atoms. The second-order valence-corrected chi connectivity index (χ2v) is 7.60. The Balaban J connectivity index is 1.21. The first kappa shape index (κ1) is 18.0. The second-order valence-electron chi connectivity index (χ2n) is 7.60. The molecule has 5 rings (SSSR count). The molecule has 3 aromatic heterocycles. The summed E-state index contributed by atoms with van der Waals surface area (Å²) in [4.78, 5) is 6.97. The molecular weight excluding hydrogens is 364 g/mol. The first-order valence-electron chi connectivity index (χ1n) is 10.2. The van der Waals surface area contributed by atoms with E-state index in [9.17, 15) is 0 Å². The molecule has 0 saturated carbocycles. The molecule has 29 heavy (non-hydrogen) atoms. The summed E-state index contributed by atoms with van der Waals surface area (Å²) in [6.45, 7) is 4.80. The van der Waals surface area contributed by atoms with Crippen molar-refractivity contribution in [3.63, 3.8) is 0 Å². The average Bonchev–Trinajstić information content (AvgIpc) is 3.42. The molecule has 148 valence electrons. The Labute approximate surface area is 169 Å². The van der Waals surface area contributed by atoms with Gasteiger partial charge in [0.1, 0.15) is 5.82 Å². The summed E-state index contributed by atoms with van der Waals surface area (Å²) >= 11 is 0. The first-order valence-corrected chi connectivity index (χ1v) is 10.2. The van der Waals surface area contributed by atoms with Crippen LogP contribution in [-0.2, 0) is 13.0 Å². The molecule has 1 aromatic carbocycles. The van der Waals surface area contributed by atoms with Gasteiger partial charge in [-0.05, 0) is 50.0 Å². The molecule has 1 saturated heterocycles. The summed E-state index contributed by atoms with van der Waals surface area (Å²) in [6, 6.07) is 14.4. The first-order chi connectivity index (χ1) is 14.3. The van der Waals surface area contributed by atoms with Gasteiger partial charge in [-0.1, -0.05) is 42.4 Å². The van der Waals surface area contributed by atoms with Gasteiger partial charge < -0.3 is 4.52 Å². The Morgan fingerprint density at radius 2 is 1.86 bits per heavy atom. The molecule has 0 spiro atoms. The third-order valence-electron chi connectivity index (χ3n) is 5.74. The van der Waals surface area contributed by atoms with Crippen molar-refractivity contribution < 1.29 is 4.52 Å². The number of nitrogens with zero attached hydrogens (tertiary/aromatic N) is 6. The van der Waals surface area contributed by atoms with E-state index in [1.807, 2.05) is 24.4 Å². The number of hydrogen-bond donors (Lipinski definition) is 0. The minimum atomic E-state index is 0.430. The molecule has 1 aliphatic rings. The minimum Gasteiger partial charge on any atom is -0.338 e. The predicted octanol–water partition coefficient (Wildman–Crippen LogP) is 3.72. The van der Waals surface area contributed by atoms with Crippen LogP contribution in [-0.4, -0.2) is 42.7 Å². The van der Waals surface area contributed by atoms with Gasteiger partial charge in [0, 0.05) is 17.7 Å². The number of aromatic nitrogens is 5. The van der Waals surface area contributed by atoms with E-state index in [0.717, 1.165) is 49.4 Å². The molecule has 1 fully saturated rings. The van der Waals surface area contributed by atoms with E-state index >= 15 is 0 Å². The molecule has 7 heteroatoms. The summed E-state index contributed by atoms with van der Waals surface area (Å²) in [6.07, 6.45) is 5.17. The van der Waals surface area contributed by atoms with Crippen LogP contribution in [0, 0.1) is 0 Å². The SMILES string of the molecule is CCc1ccc(-c2noc(CN3CCC(c4nnc5ccccn45)CC3)n2)cc1. The average molecular weight is 388 g/mol. The predicted molar refractivity (Wildman–Crippen MR) is 109 cm³/mol. The number of hydrogen-bond acceptors (Lipinski definition) is 6. The maximum atomic E-state index is 5.51. The van der Waals surface area contributed by atoms with E-state index in [0.29, 0.717) is 24.2 Å². The molecule has 4 aromatic rings. The minimum absolute atomic E-state index is 0.430. The lowest BCUT2D eigenvalue weighted by Crippen LogP contribution is -2.33. The van der Waals surface area contributed by atoms with Crippen LogP contribution >= 0.6 is 0 Å². The van der Waals surface area contributed by atoms with Gasteiger partial charge in [0.25, 0.3) is 0 Å². The summed E-state index contributed by atoms with van der Waals surface area (Å²) < 4.78 is 7.61. The van der Waals surface area contributed by atoms with E-state index < -0.39 is 0 Å². The van der Waals surface area contributed by atoms with Crippen molar-refractivity contribution >= 4 is 5.65 Å². The van der Waals surface area contributed by atoms with Crippen molar-refractivity contribution in [1.29, 1.82) is 0 Å². The highest BCUT2D eigenvalue weighted by Crippen LogP contribution is 2.28. The third-order valence-corrected chi connectivity index (χ3v) is 5.74. The van der Waals surface area contributed by atoms with Crippen molar-refractivity contribution in [3.8, 4) is 11.4 Å². The van der Waals surface area contributed by atoms with E-state index in [4.69, 9.17) is 4.52 Å². The van der Waals surface area contributed by atoms with Crippen LogP contribution in [0.3, 0.4) is 0 Å². The van der Waals surface area contributed by atoms with Crippen LogP contribution in [0.5, 0.6) is 0 Å². The van der Waals surface area contributed by atoms with Crippen LogP contribution in [0.1, 0.15) is 43.0 Å². The van der Waals surface area contributed by atoms with Gasteiger partial charge in [0.05, 0.1) is 6.54 Å². The largest absolute Gasteiger partial charge is 0.338 e. The van der Waals surface area contributed by atoms with E-state index in [1.54, 1.807) is 0 Å². The lowest BCUT2D eigenvalue weighted by Gasteiger charge is -2.29. The number of piperidine rings is 1. The highest BCUT2D eigenvalue weighted by molar-refractivity contribution is 5.54. The smallest absolute Gasteiger partial charge is 0.241 e. The normalized spacial score (nSPS) is 15.9. The van der Waals surface area contributed by atoms with Crippen molar-refractivity contribution in [3.05, 3.63) is 65.9 Å². The van der Waals surface area contributed by atoms with Crippen molar-refractivity contribution in [2.75, 3.05) is 13.1 Å². The maximum Gasteiger partial charge on any atom is 0.241 e. The van der Waals surface area contributed by atoms with Gasteiger partial charge in [-0.15, -0.1) is 10.2 Å². The summed E-state index contributed by atoms with van der Waals surface area (Å²) in [5.41, 5.74) is 3.21. The molecule has 0 aliphatic carbocycles. The Bertz CT molecular complexity index is 1090. The molecule has 0 radical (unpaired) electrons. The van der Waals surface area contributed by atoms with Gasteiger partial charge in [-0.25, -0.2) is 0 Å². The monoisotopic (exact) mass is 388 g/mol. The number of benzene rings is 1. The Morgan fingerprint density at radius 3 is 2.66 bits per heavy atom. The Hall–Kier alpha value is -3.06. The lowest BCUT2D eigenvalue weighted by molar-refractivity contribution is 0.178. The topological polar surface area (TPSA) is 72.4 Å². The van der Waals surface area contributed by atoms with Gasteiger partial charge in [0.15, 0.2) is 5.65 Å². The zero-order valence-electron chi connectivity index (χ0n) is 16.5. The zero-order chi connectivity index (χ0) is 19.6. The fraction of sp³-hybridized carbons (Fsp3) is 0.364. The van der Waals surface area contributed by atoms with E-state index in [1.165, 1.54) is 5.56 Å². The van der Waals surface area contributed by atoms with Gasteiger partial charge in [0.2, 0.25) is 11.7 Å². The van der Waals surface area contributed by atoms with Crippen molar-refractivity contribution in [2.24, 2.45) is 0 Å². The molecule has 0 atom stereocenters. The Morgan fingerprint density at radius 1 is 1.03 bits per heavy atom. The fourth-order valence-corrected chi connectivity index (χ4v) is 4.00. The quantitative estimate of drug-likeness (QED) is 0.519. The maximum absolute atomic E-state index is 5.51. The summed E-state index contributed by atoms with van der Waals surface area (Å²) in [7, 11) is 0. The van der Waals surface area contributed by atoms with Crippen molar-refractivity contribution in [2.45, 2.75) is 38.6 Å². The van der Waals surface area contributed by atoms with Gasteiger partial charge in [-0.2, -0.15) is 4.98 Å². The van der Waals surface area contributed by atoms with Crippen LogP contribution < -0.4 is 0 Å². The van der Waals surface area contributed by atoms with Crippen LogP contribution in [0.2, 0.25) is 0 Å². The third kappa shape index (κ3) is 3.65. The number of fused-ring (bicyclic) bond motifs is 1. The molecule has 1 aliphatic heterocycles.